The first-order valence-corrected chi connectivity index (χ1v) is 3.02. The van der Waals surface area contributed by atoms with Gasteiger partial charge < -0.3 is 5.73 Å². The largest absolute Gasteiger partial charge is 0.366 e. The standard InChI is InChI=1S/C8H7FNO/c1-5-2-3-7(9)6(4-5)8(10)11/h2-4H,1H2,(H2,10,11). The number of rotatable bonds is 1. The summed E-state index contributed by atoms with van der Waals surface area (Å²) >= 11 is 0. The van der Waals surface area contributed by atoms with E-state index in [1.165, 1.54) is 18.2 Å². The average molecular weight is 152 g/mol. The molecule has 2 N–H and O–H groups in total. The van der Waals surface area contributed by atoms with Crippen molar-refractivity contribution in [3.05, 3.63) is 42.1 Å². The van der Waals surface area contributed by atoms with E-state index in [1.807, 2.05) is 0 Å². The molecule has 2 nitrogen and oxygen atoms in total. The highest BCUT2D eigenvalue weighted by molar-refractivity contribution is 5.93. The van der Waals surface area contributed by atoms with E-state index in [4.69, 9.17) is 5.73 Å². The van der Waals surface area contributed by atoms with Crippen LogP contribution in [0.5, 0.6) is 0 Å². The van der Waals surface area contributed by atoms with E-state index in [0.29, 0.717) is 5.56 Å². The average Bonchev–Trinajstić information content (AvgIpc) is 1.94. The summed E-state index contributed by atoms with van der Waals surface area (Å²) in [5.74, 6) is -1.38. The number of hydrogen-bond acceptors (Lipinski definition) is 1. The zero-order valence-corrected chi connectivity index (χ0v) is 5.80. The van der Waals surface area contributed by atoms with Gasteiger partial charge in [-0.2, -0.15) is 0 Å². The van der Waals surface area contributed by atoms with Crippen molar-refractivity contribution in [2.24, 2.45) is 5.73 Å². The summed E-state index contributed by atoms with van der Waals surface area (Å²) in [5, 5.41) is 0. The maximum absolute atomic E-state index is 12.7. The van der Waals surface area contributed by atoms with Gasteiger partial charge in [0.2, 0.25) is 0 Å². The van der Waals surface area contributed by atoms with Crippen molar-refractivity contribution in [2.75, 3.05) is 0 Å². The fourth-order valence-corrected chi connectivity index (χ4v) is 0.761. The van der Waals surface area contributed by atoms with Crippen molar-refractivity contribution >= 4 is 5.91 Å². The number of amides is 1. The summed E-state index contributed by atoms with van der Waals surface area (Å²) in [6.07, 6.45) is 0. The Hall–Kier alpha value is -1.38. The minimum absolute atomic E-state index is 0.113. The summed E-state index contributed by atoms with van der Waals surface area (Å²) in [6.45, 7) is 3.53. The Morgan fingerprint density at radius 1 is 1.55 bits per heavy atom. The molecule has 0 aliphatic heterocycles. The van der Waals surface area contributed by atoms with E-state index in [2.05, 4.69) is 6.92 Å². The van der Waals surface area contributed by atoms with Gasteiger partial charge in [-0.25, -0.2) is 4.39 Å². The fourth-order valence-electron chi connectivity index (χ4n) is 0.761. The van der Waals surface area contributed by atoms with Crippen molar-refractivity contribution in [1.82, 2.24) is 0 Å². The van der Waals surface area contributed by atoms with E-state index in [0.717, 1.165) is 0 Å². The molecule has 0 aliphatic rings. The van der Waals surface area contributed by atoms with Gasteiger partial charge in [0.25, 0.3) is 5.91 Å². The van der Waals surface area contributed by atoms with Gasteiger partial charge in [0.1, 0.15) is 5.82 Å². The van der Waals surface area contributed by atoms with Gasteiger partial charge >= 0.3 is 0 Å². The van der Waals surface area contributed by atoms with Crippen LogP contribution in [-0.4, -0.2) is 5.91 Å². The summed E-state index contributed by atoms with van der Waals surface area (Å²) in [5.41, 5.74) is 5.33. The summed E-state index contributed by atoms with van der Waals surface area (Å²) < 4.78 is 12.7. The smallest absolute Gasteiger partial charge is 0.251 e. The second-order valence-corrected chi connectivity index (χ2v) is 2.18. The van der Waals surface area contributed by atoms with Crippen molar-refractivity contribution in [3.8, 4) is 0 Å². The number of nitrogens with two attached hydrogens (primary N) is 1. The number of carbonyl (C=O) groups is 1. The first-order chi connectivity index (χ1) is 5.11. The number of benzene rings is 1. The lowest BCUT2D eigenvalue weighted by atomic mass is 10.1. The minimum atomic E-state index is -0.770. The molecule has 57 valence electrons. The van der Waals surface area contributed by atoms with E-state index < -0.39 is 11.7 Å². The quantitative estimate of drug-likeness (QED) is 0.643. The van der Waals surface area contributed by atoms with Crippen LogP contribution in [0.3, 0.4) is 0 Å². The van der Waals surface area contributed by atoms with Gasteiger partial charge in [0, 0.05) is 0 Å². The molecule has 0 aromatic heterocycles. The number of primary amides is 1. The zero-order chi connectivity index (χ0) is 8.43. The van der Waals surface area contributed by atoms with Gasteiger partial charge in [-0.3, -0.25) is 4.79 Å². The molecule has 0 atom stereocenters. The molecule has 0 aliphatic carbocycles. The molecule has 1 aromatic rings. The first kappa shape index (κ1) is 7.72. The Morgan fingerprint density at radius 2 is 2.18 bits per heavy atom. The maximum Gasteiger partial charge on any atom is 0.251 e. The van der Waals surface area contributed by atoms with E-state index in [1.54, 1.807) is 0 Å². The van der Waals surface area contributed by atoms with Crippen LogP contribution in [0.15, 0.2) is 18.2 Å². The van der Waals surface area contributed by atoms with E-state index >= 15 is 0 Å². The van der Waals surface area contributed by atoms with Gasteiger partial charge in [0.05, 0.1) is 5.56 Å². The predicted octanol–water partition coefficient (Wildman–Crippen LogP) is 1.11. The molecule has 0 fully saturated rings. The minimum Gasteiger partial charge on any atom is -0.366 e. The number of hydrogen-bond donors (Lipinski definition) is 1. The number of halogens is 1. The lowest BCUT2D eigenvalue weighted by Gasteiger charge is -1.98. The van der Waals surface area contributed by atoms with Crippen LogP contribution < -0.4 is 5.73 Å². The summed E-state index contributed by atoms with van der Waals surface area (Å²) in [4.78, 5) is 10.5. The molecule has 0 saturated carbocycles. The first-order valence-electron chi connectivity index (χ1n) is 3.02. The molecule has 1 aromatic carbocycles. The van der Waals surface area contributed by atoms with Crippen LogP contribution in [0, 0.1) is 12.7 Å². The lowest BCUT2D eigenvalue weighted by Crippen LogP contribution is -2.13. The second-order valence-electron chi connectivity index (χ2n) is 2.18. The maximum atomic E-state index is 12.7. The van der Waals surface area contributed by atoms with Crippen LogP contribution in [0.25, 0.3) is 0 Å². The van der Waals surface area contributed by atoms with Gasteiger partial charge in [-0.05, 0) is 24.6 Å². The van der Waals surface area contributed by atoms with Crippen LogP contribution >= 0.6 is 0 Å². The Kier molecular flexibility index (Phi) is 1.89. The monoisotopic (exact) mass is 152 g/mol. The molecule has 0 heterocycles. The molecular formula is C8H7FNO. The topological polar surface area (TPSA) is 43.1 Å². The van der Waals surface area contributed by atoms with Crippen LogP contribution in [-0.2, 0) is 0 Å². The van der Waals surface area contributed by atoms with E-state index in [-0.39, 0.29) is 5.56 Å². The van der Waals surface area contributed by atoms with Crippen LogP contribution in [0.1, 0.15) is 15.9 Å². The molecule has 1 rings (SSSR count). The van der Waals surface area contributed by atoms with Crippen molar-refractivity contribution in [1.29, 1.82) is 0 Å². The molecule has 1 radical (unpaired) electrons. The van der Waals surface area contributed by atoms with Crippen LogP contribution in [0.2, 0.25) is 0 Å². The molecule has 0 bridgehead atoms. The second kappa shape index (κ2) is 2.70. The molecule has 0 spiro atoms. The normalized spacial score (nSPS) is 9.64. The van der Waals surface area contributed by atoms with Gasteiger partial charge in [0.15, 0.2) is 0 Å². The Labute approximate surface area is 63.8 Å². The third kappa shape index (κ3) is 1.55. The Balaban J connectivity index is 3.23. The Bertz CT molecular complexity index is 296. The molecule has 0 unspecified atom stereocenters. The van der Waals surface area contributed by atoms with Crippen molar-refractivity contribution in [2.45, 2.75) is 0 Å². The van der Waals surface area contributed by atoms with Crippen molar-refractivity contribution in [3.63, 3.8) is 0 Å². The summed E-state index contributed by atoms with van der Waals surface area (Å²) in [6, 6.07) is 3.96. The molecule has 0 saturated heterocycles. The molecule has 3 heteroatoms. The van der Waals surface area contributed by atoms with E-state index in [9.17, 15) is 9.18 Å². The van der Waals surface area contributed by atoms with Gasteiger partial charge in [-0.1, -0.05) is 6.07 Å². The molecule has 11 heavy (non-hydrogen) atoms. The zero-order valence-electron chi connectivity index (χ0n) is 5.80. The lowest BCUT2D eigenvalue weighted by molar-refractivity contribution is 0.0996. The highest BCUT2D eigenvalue weighted by Gasteiger charge is 2.06. The third-order valence-electron chi connectivity index (χ3n) is 1.30. The highest BCUT2D eigenvalue weighted by Crippen LogP contribution is 2.08. The summed E-state index contributed by atoms with van der Waals surface area (Å²) in [7, 11) is 0. The van der Waals surface area contributed by atoms with Crippen LogP contribution in [0.4, 0.5) is 4.39 Å². The SMILES string of the molecule is [CH2]c1ccc(F)c(C(N)=O)c1. The molecule has 1 amide bonds. The highest BCUT2D eigenvalue weighted by atomic mass is 19.1. The fraction of sp³-hybridized carbons (Fsp3) is 0. The predicted molar refractivity (Wildman–Crippen MR) is 39.4 cm³/mol. The Morgan fingerprint density at radius 3 is 2.64 bits per heavy atom. The van der Waals surface area contributed by atoms with Crippen molar-refractivity contribution < 1.29 is 9.18 Å². The third-order valence-corrected chi connectivity index (χ3v) is 1.30. The van der Waals surface area contributed by atoms with Gasteiger partial charge in [-0.15, -0.1) is 0 Å². The number of carbonyl (C=O) groups excluding carboxylic acids is 1. The molecular weight excluding hydrogens is 145 g/mol.